The van der Waals surface area contributed by atoms with Gasteiger partial charge in [0.25, 0.3) is 0 Å². The van der Waals surface area contributed by atoms with Gasteiger partial charge in [-0.1, -0.05) is 54.1 Å². The molecule has 3 aromatic carbocycles. The molecule has 0 heterocycles. The van der Waals surface area contributed by atoms with E-state index in [1.54, 1.807) is 6.07 Å². The molecule has 0 fully saturated rings. The van der Waals surface area contributed by atoms with Crippen molar-refractivity contribution in [2.75, 3.05) is 5.73 Å². The van der Waals surface area contributed by atoms with E-state index in [1.807, 2.05) is 18.2 Å². The molecule has 19 heavy (non-hydrogen) atoms. The molecule has 0 atom stereocenters. The molecule has 0 aliphatic rings. The summed E-state index contributed by atoms with van der Waals surface area (Å²) in [4.78, 5) is 0. The zero-order valence-corrected chi connectivity index (χ0v) is 11.4. The minimum atomic E-state index is 0.687. The van der Waals surface area contributed by atoms with E-state index in [4.69, 9.17) is 17.3 Å². The van der Waals surface area contributed by atoms with Gasteiger partial charge in [0.05, 0.1) is 5.02 Å². The van der Waals surface area contributed by atoms with E-state index in [0.717, 1.165) is 5.56 Å². The van der Waals surface area contributed by atoms with Crippen molar-refractivity contribution in [2.24, 2.45) is 0 Å². The normalized spacial score (nSPS) is 10.8. The summed E-state index contributed by atoms with van der Waals surface area (Å²) in [6, 6.07) is 18.3. The first kappa shape index (κ1) is 12.1. The third-order valence-corrected chi connectivity index (χ3v) is 3.71. The molecule has 0 saturated heterocycles. The number of benzene rings is 3. The van der Waals surface area contributed by atoms with Gasteiger partial charge in [-0.3, -0.25) is 0 Å². The molecule has 0 aliphatic heterocycles. The summed E-state index contributed by atoms with van der Waals surface area (Å²) in [6.07, 6.45) is 0. The van der Waals surface area contributed by atoms with Gasteiger partial charge in [-0.15, -0.1) is 0 Å². The average Bonchev–Trinajstić information content (AvgIpc) is 2.40. The number of aryl methyl sites for hydroxylation is 1. The predicted molar refractivity (Wildman–Crippen MR) is 83.5 cm³/mol. The van der Waals surface area contributed by atoms with Crippen LogP contribution in [0.25, 0.3) is 21.9 Å². The van der Waals surface area contributed by atoms with Gasteiger partial charge in [0.15, 0.2) is 0 Å². The number of hydrogen-bond donors (Lipinski definition) is 1. The van der Waals surface area contributed by atoms with Gasteiger partial charge in [0.1, 0.15) is 0 Å². The highest BCUT2D eigenvalue weighted by molar-refractivity contribution is 6.34. The van der Waals surface area contributed by atoms with Crippen LogP contribution in [0.5, 0.6) is 0 Å². The van der Waals surface area contributed by atoms with Crippen LogP contribution in [-0.2, 0) is 0 Å². The molecule has 0 unspecified atom stereocenters. The number of nitrogen functional groups attached to an aromatic ring is 1. The summed E-state index contributed by atoms with van der Waals surface area (Å²) >= 11 is 6.36. The zero-order valence-electron chi connectivity index (χ0n) is 10.7. The zero-order chi connectivity index (χ0) is 13.4. The summed E-state index contributed by atoms with van der Waals surface area (Å²) in [6.45, 7) is 2.11. The number of anilines is 1. The topological polar surface area (TPSA) is 26.0 Å². The van der Waals surface area contributed by atoms with Crippen LogP contribution in [0.15, 0.2) is 54.6 Å². The summed E-state index contributed by atoms with van der Waals surface area (Å²) in [5, 5.41) is 3.13. The molecule has 0 spiro atoms. The van der Waals surface area contributed by atoms with Crippen LogP contribution in [0.2, 0.25) is 5.02 Å². The Morgan fingerprint density at radius 2 is 1.74 bits per heavy atom. The van der Waals surface area contributed by atoms with E-state index in [9.17, 15) is 0 Å². The van der Waals surface area contributed by atoms with E-state index in [1.165, 1.54) is 21.9 Å². The van der Waals surface area contributed by atoms with Crippen molar-refractivity contribution >= 4 is 28.1 Å². The largest absolute Gasteiger partial charge is 0.399 e. The molecule has 0 bridgehead atoms. The van der Waals surface area contributed by atoms with Crippen LogP contribution in [0.1, 0.15) is 5.56 Å². The Balaban J connectivity index is 2.38. The Hall–Kier alpha value is -1.99. The van der Waals surface area contributed by atoms with Crippen molar-refractivity contribution < 1.29 is 0 Å². The minimum Gasteiger partial charge on any atom is -0.399 e. The van der Waals surface area contributed by atoms with Gasteiger partial charge in [-0.2, -0.15) is 0 Å². The van der Waals surface area contributed by atoms with Gasteiger partial charge < -0.3 is 5.73 Å². The first-order chi connectivity index (χ1) is 9.16. The van der Waals surface area contributed by atoms with Crippen LogP contribution >= 0.6 is 11.6 Å². The van der Waals surface area contributed by atoms with E-state index < -0.39 is 0 Å². The molecule has 2 N–H and O–H groups in total. The lowest BCUT2D eigenvalue weighted by molar-refractivity contribution is 1.49. The van der Waals surface area contributed by atoms with E-state index in [0.29, 0.717) is 10.7 Å². The third-order valence-electron chi connectivity index (χ3n) is 3.40. The molecular weight excluding hydrogens is 254 g/mol. The standard InChI is InChI=1S/C17H14ClN/c1-11-6-7-12-4-2-3-5-14(12)17(11)15-9-8-13(19)10-16(15)18/h2-10H,19H2,1H3. The maximum Gasteiger partial charge on any atom is 0.0505 e. The quantitative estimate of drug-likeness (QED) is 0.614. The monoisotopic (exact) mass is 267 g/mol. The van der Waals surface area contributed by atoms with Crippen LogP contribution in [0.3, 0.4) is 0 Å². The van der Waals surface area contributed by atoms with Crippen LogP contribution in [0, 0.1) is 6.92 Å². The highest BCUT2D eigenvalue weighted by atomic mass is 35.5. The SMILES string of the molecule is Cc1ccc2ccccc2c1-c1ccc(N)cc1Cl. The van der Waals surface area contributed by atoms with Crippen LogP contribution in [0.4, 0.5) is 5.69 Å². The Morgan fingerprint density at radius 3 is 2.53 bits per heavy atom. The Kier molecular flexibility index (Phi) is 2.92. The lowest BCUT2D eigenvalue weighted by Gasteiger charge is -2.12. The molecule has 0 radical (unpaired) electrons. The molecule has 0 saturated carbocycles. The Bertz CT molecular complexity index is 762. The summed E-state index contributed by atoms with van der Waals surface area (Å²) in [7, 11) is 0. The second-order valence-electron chi connectivity index (χ2n) is 4.72. The Labute approximate surface area is 117 Å². The second-order valence-corrected chi connectivity index (χ2v) is 5.13. The van der Waals surface area contributed by atoms with E-state index in [-0.39, 0.29) is 0 Å². The number of rotatable bonds is 1. The molecule has 2 heteroatoms. The Morgan fingerprint density at radius 1 is 0.947 bits per heavy atom. The third kappa shape index (κ3) is 2.06. The van der Waals surface area contributed by atoms with Crippen molar-refractivity contribution in [1.82, 2.24) is 0 Å². The fraction of sp³-hybridized carbons (Fsp3) is 0.0588. The molecule has 0 amide bonds. The summed E-state index contributed by atoms with van der Waals surface area (Å²) in [5.41, 5.74) is 9.89. The fourth-order valence-corrected chi connectivity index (χ4v) is 2.76. The van der Waals surface area contributed by atoms with Crippen molar-refractivity contribution in [3.05, 3.63) is 65.2 Å². The highest BCUT2D eigenvalue weighted by Gasteiger charge is 2.10. The summed E-state index contributed by atoms with van der Waals surface area (Å²) in [5.74, 6) is 0. The van der Waals surface area contributed by atoms with Crippen molar-refractivity contribution in [3.8, 4) is 11.1 Å². The first-order valence-electron chi connectivity index (χ1n) is 6.20. The van der Waals surface area contributed by atoms with Gasteiger partial charge >= 0.3 is 0 Å². The van der Waals surface area contributed by atoms with Crippen molar-refractivity contribution in [2.45, 2.75) is 6.92 Å². The molecule has 1 nitrogen and oxygen atoms in total. The van der Waals surface area contributed by atoms with Gasteiger partial charge in [-0.05, 0) is 41.0 Å². The van der Waals surface area contributed by atoms with Gasteiger partial charge in [0.2, 0.25) is 0 Å². The maximum absolute atomic E-state index is 6.36. The van der Waals surface area contributed by atoms with Gasteiger partial charge in [-0.25, -0.2) is 0 Å². The lowest BCUT2D eigenvalue weighted by Crippen LogP contribution is -1.89. The number of fused-ring (bicyclic) bond motifs is 1. The molecule has 3 rings (SSSR count). The number of hydrogen-bond acceptors (Lipinski definition) is 1. The molecule has 0 aromatic heterocycles. The van der Waals surface area contributed by atoms with Crippen molar-refractivity contribution in [1.29, 1.82) is 0 Å². The molecule has 3 aromatic rings. The fourth-order valence-electron chi connectivity index (χ4n) is 2.47. The first-order valence-corrected chi connectivity index (χ1v) is 6.58. The van der Waals surface area contributed by atoms with Crippen molar-refractivity contribution in [3.63, 3.8) is 0 Å². The van der Waals surface area contributed by atoms with E-state index >= 15 is 0 Å². The predicted octanol–water partition coefficient (Wildman–Crippen LogP) is 5.05. The number of halogens is 1. The van der Waals surface area contributed by atoms with Gasteiger partial charge in [0, 0.05) is 11.3 Å². The number of nitrogens with two attached hydrogens (primary N) is 1. The van der Waals surface area contributed by atoms with Crippen LogP contribution in [-0.4, -0.2) is 0 Å². The smallest absolute Gasteiger partial charge is 0.0505 e. The second kappa shape index (κ2) is 4.60. The average molecular weight is 268 g/mol. The summed E-state index contributed by atoms with van der Waals surface area (Å²) < 4.78 is 0. The molecule has 0 aliphatic carbocycles. The molecular formula is C17H14ClN. The lowest BCUT2D eigenvalue weighted by atomic mass is 9.94. The van der Waals surface area contributed by atoms with E-state index in [2.05, 4.69) is 37.3 Å². The molecule has 94 valence electrons. The van der Waals surface area contributed by atoms with Crippen LogP contribution < -0.4 is 5.73 Å². The maximum atomic E-state index is 6.36. The highest BCUT2D eigenvalue weighted by Crippen LogP contribution is 2.36. The minimum absolute atomic E-state index is 0.687.